The summed E-state index contributed by atoms with van der Waals surface area (Å²) >= 11 is 1.61. The SMILES string of the molecule is C(/c1ccccn1)=c1/[n-]/c(=C\c2ccccn2)c2ccccc12.[Cl][Pt+]. The molecule has 3 heterocycles. The molecule has 1 aromatic carbocycles. The number of benzene rings is 1. The maximum atomic E-state index is 4.79. The molecule has 0 atom stereocenters. The van der Waals surface area contributed by atoms with E-state index >= 15 is 0 Å². The summed E-state index contributed by atoms with van der Waals surface area (Å²) in [6.45, 7) is 0. The topological polar surface area (TPSA) is 39.9 Å². The molecule has 0 N–H and O–H groups in total. The Labute approximate surface area is 160 Å². The van der Waals surface area contributed by atoms with Crippen LogP contribution in [0, 0.1) is 0 Å². The van der Waals surface area contributed by atoms with Crippen LogP contribution in [0.3, 0.4) is 0 Å². The van der Waals surface area contributed by atoms with Crippen LogP contribution in [-0.4, -0.2) is 9.97 Å². The monoisotopic (exact) mass is 526 g/mol. The van der Waals surface area contributed by atoms with Gasteiger partial charge in [-0.1, -0.05) is 48.6 Å². The van der Waals surface area contributed by atoms with Crippen LogP contribution in [0.2, 0.25) is 0 Å². The van der Waals surface area contributed by atoms with Crippen molar-refractivity contribution in [3.8, 4) is 0 Å². The first-order chi connectivity index (χ1) is 12.4. The van der Waals surface area contributed by atoms with Crippen LogP contribution >= 0.6 is 9.42 Å². The molecule has 0 saturated heterocycles. The van der Waals surface area contributed by atoms with E-state index in [0.29, 0.717) is 0 Å². The number of halogens is 1. The van der Waals surface area contributed by atoms with Gasteiger partial charge < -0.3 is 4.98 Å². The van der Waals surface area contributed by atoms with E-state index in [2.05, 4.69) is 31.5 Å². The fourth-order valence-electron chi connectivity index (χ4n) is 2.60. The molecule has 0 fully saturated rings. The number of rotatable bonds is 2. The Bertz CT molecular complexity index is 975. The van der Waals surface area contributed by atoms with Gasteiger partial charge in [-0.3, -0.25) is 9.97 Å². The number of fused-ring (bicyclic) bond motifs is 1. The van der Waals surface area contributed by atoms with Crippen LogP contribution in [0.1, 0.15) is 11.4 Å². The second-order valence-electron chi connectivity index (χ2n) is 5.23. The number of nitrogens with zero attached hydrogens (tertiary/aromatic N) is 3. The number of hydrogen-bond acceptors (Lipinski definition) is 2. The van der Waals surface area contributed by atoms with Gasteiger partial charge in [0.05, 0.1) is 11.4 Å². The van der Waals surface area contributed by atoms with Crippen molar-refractivity contribution in [2.75, 3.05) is 0 Å². The van der Waals surface area contributed by atoms with Gasteiger partial charge in [0.2, 0.25) is 0 Å². The van der Waals surface area contributed by atoms with Crippen molar-refractivity contribution >= 4 is 32.3 Å². The van der Waals surface area contributed by atoms with Crippen LogP contribution in [0.5, 0.6) is 0 Å². The average molecular weight is 527 g/mol. The summed E-state index contributed by atoms with van der Waals surface area (Å²) in [6.07, 6.45) is 7.60. The van der Waals surface area contributed by atoms with Gasteiger partial charge in [-0.2, -0.15) is 0 Å². The summed E-state index contributed by atoms with van der Waals surface area (Å²) in [4.78, 5) is 13.5. The molecule has 0 unspecified atom stereocenters. The van der Waals surface area contributed by atoms with Gasteiger partial charge in [0, 0.05) is 12.4 Å². The van der Waals surface area contributed by atoms with Gasteiger partial charge >= 0.3 is 28.2 Å². The number of aromatic nitrogens is 3. The fourth-order valence-corrected chi connectivity index (χ4v) is 2.60. The molecular weight excluding hydrogens is 513 g/mol. The molecule has 0 amide bonds. The molecule has 25 heavy (non-hydrogen) atoms. The first-order valence-corrected chi connectivity index (χ1v) is 10.4. The molecule has 0 bridgehead atoms. The Hall–Kier alpha value is -2.22. The predicted molar refractivity (Wildman–Crippen MR) is 98.0 cm³/mol. The Morgan fingerprint density at radius 3 is 1.52 bits per heavy atom. The summed E-state index contributed by atoms with van der Waals surface area (Å²) in [7, 11) is 4.61. The van der Waals surface area contributed by atoms with E-state index in [-0.39, 0.29) is 0 Å². The molecule has 4 rings (SSSR count). The summed E-state index contributed by atoms with van der Waals surface area (Å²) in [6, 6.07) is 20.0. The molecule has 5 heteroatoms. The Morgan fingerprint density at radius 1 is 0.680 bits per heavy atom. The molecule has 0 aliphatic carbocycles. The van der Waals surface area contributed by atoms with Gasteiger partial charge in [-0.15, -0.1) is 10.7 Å². The molecule has 0 aliphatic rings. The Morgan fingerprint density at radius 2 is 1.12 bits per heavy atom. The molecule has 4 aromatic rings. The summed E-state index contributed by atoms with van der Waals surface area (Å²) in [5, 5.41) is 4.11. The summed E-state index contributed by atoms with van der Waals surface area (Å²) in [5.74, 6) is 0. The Balaban J connectivity index is 0.000000880. The van der Waals surface area contributed by atoms with E-state index in [1.807, 2.05) is 60.7 Å². The minimum absolute atomic E-state index is 0.903. The van der Waals surface area contributed by atoms with Crippen LogP contribution < -0.4 is 15.7 Å². The second-order valence-corrected chi connectivity index (χ2v) is 5.23. The average Bonchev–Trinajstić information content (AvgIpc) is 3.03. The molecule has 0 radical (unpaired) electrons. The maximum absolute atomic E-state index is 4.79. The second kappa shape index (κ2) is 8.75. The molecule has 3 nitrogen and oxygen atoms in total. The fraction of sp³-hybridized carbons (Fsp3) is 0. The van der Waals surface area contributed by atoms with Gasteiger partial charge in [-0.05, 0) is 35.0 Å². The van der Waals surface area contributed by atoms with Crippen molar-refractivity contribution in [1.29, 1.82) is 0 Å². The van der Waals surface area contributed by atoms with E-state index in [1.54, 1.807) is 31.2 Å². The van der Waals surface area contributed by atoms with Gasteiger partial charge in [-0.25, -0.2) is 0 Å². The van der Waals surface area contributed by atoms with Crippen LogP contribution in [0.4, 0.5) is 0 Å². The van der Waals surface area contributed by atoms with Crippen molar-refractivity contribution in [1.82, 2.24) is 15.0 Å². The predicted octanol–water partition coefficient (Wildman–Crippen LogP) is 2.93. The zero-order chi connectivity index (χ0) is 17.5. The number of pyridine rings is 2. The van der Waals surface area contributed by atoms with Crippen molar-refractivity contribution in [2.45, 2.75) is 0 Å². The van der Waals surface area contributed by atoms with E-state index in [0.717, 1.165) is 32.9 Å². The van der Waals surface area contributed by atoms with E-state index < -0.39 is 0 Å². The molecule has 0 aliphatic heterocycles. The first kappa shape index (κ1) is 17.6. The van der Waals surface area contributed by atoms with Crippen molar-refractivity contribution in [2.24, 2.45) is 0 Å². The van der Waals surface area contributed by atoms with Crippen molar-refractivity contribution < 1.29 is 18.8 Å². The normalized spacial score (nSPS) is 12.1. The molecule has 0 spiro atoms. The zero-order valence-corrected chi connectivity index (χ0v) is 16.1. The Kier molecular flexibility index (Phi) is 6.16. The van der Waals surface area contributed by atoms with Gasteiger partial charge in [0.15, 0.2) is 0 Å². The zero-order valence-electron chi connectivity index (χ0n) is 13.1. The summed E-state index contributed by atoms with van der Waals surface area (Å²) < 4.78 is 0. The van der Waals surface area contributed by atoms with Crippen LogP contribution in [0.25, 0.3) is 22.9 Å². The minimum atomic E-state index is 0.903. The third kappa shape index (κ3) is 4.25. The van der Waals surface area contributed by atoms with Gasteiger partial charge in [0.25, 0.3) is 0 Å². The van der Waals surface area contributed by atoms with E-state index in [1.165, 1.54) is 0 Å². The van der Waals surface area contributed by atoms with Crippen molar-refractivity contribution in [3.05, 3.63) is 95.1 Å². The molecule has 3 aromatic heterocycles. The first-order valence-electron chi connectivity index (χ1n) is 7.59. The number of hydrogen-bond donors (Lipinski definition) is 0. The summed E-state index contributed by atoms with van der Waals surface area (Å²) in [5.41, 5.74) is 1.81. The third-order valence-corrected chi connectivity index (χ3v) is 3.66. The van der Waals surface area contributed by atoms with Crippen LogP contribution in [0.15, 0.2) is 73.1 Å². The quantitative estimate of drug-likeness (QED) is 0.403. The molecule has 0 saturated carbocycles. The van der Waals surface area contributed by atoms with Crippen molar-refractivity contribution in [3.63, 3.8) is 0 Å². The standard InChI is InChI=1S/C20H14N3.ClH.Pt/c1-2-10-18-17(9-1)19(13-15-7-3-5-11-21-15)23-20(18)14-16-8-4-6-12-22-16;;/h1-14H;1H;/q-1;;+2/p-1/b19-13-,20-14-;;. The molecule has 126 valence electrons. The van der Waals surface area contributed by atoms with Crippen LogP contribution in [-0.2, 0) is 18.8 Å². The third-order valence-electron chi connectivity index (χ3n) is 3.66. The van der Waals surface area contributed by atoms with E-state index in [9.17, 15) is 0 Å². The van der Waals surface area contributed by atoms with Gasteiger partial charge in [0.1, 0.15) is 0 Å². The van der Waals surface area contributed by atoms with E-state index in [4.69, 9.17) is 4.98 Å². The molecular formula is C20H14ClN3Pt.